The van der Waals surface area contributed by atoms with Crippen LogP contribution in [0.5, 0.6) is 0 Å². The first-order chi connectivity index (χ1) is 5.66. The van der Waals surface area contributed by atoms with Gasteiger partial charge in [0, 0.05) is 18.4 Å². The smallest absolute Gasteiger partial charge is 0.297 e. The highest BCUT2D eigenvalue weighted by Gasteiger charge is 2.04. The number of hydrogen-bond donors (Lipinski definition) is 0. The fraction of sp³-hybridized carbons (Fsp3) is 0.500. The van der Waals surface area contributed by atoms with Crippen molar-refractivity contribution in [1.82, 2.24) is 9.13 Å². The van der Waals surface area contributed by atoms with Gasteiger partial charge >= 0.3 is 5.69 Å². The van der Waals surface area contributed by atoms with Crippen LogP contribution < -0.4 is 5.69 Å². The predicted molar refractivity (Wildman–Crippen MR) is 44.7 cm³/mol. The third-order valence-electron chi connectivity index (χ3n) is 1.67. The lowest BCUT2D eigenvalue weighted by Gasteiger charge is -2.02. The van der Waals surface area contributed by atoms with Crippen molar-refractivity contribution in [2.45, 2.75) is 26.4 Å². The van der Waals surface area contributed by atoms with Crippen LogP contribution >= 0.6 is 0 Å². The highest BCUT2D eigenvalue weighted by atomic mass is 16.1. The van der Waals surface area contributed by atoms with Gasteiger partial charge in [0.25, 0.3) is 0 Å². The highest BCUT2D eigenvalue weighted by molar-refractivity contribution is 4.87. The van der Waals surface area contributed by atoms with E-state index >= 15 is 0 Å². The first-order valence-electron chi connectivity index (χ1n) is 3.81. The third kappa shape index (κ3) is 1.40. The van der Waals surface area contributed by atoms with Crippen molar-refractivity contribution >= 4 is 0 Å². The number of rotatable bonds is 2. The topological polar surface area (TPSA) is 50.7 Å². The lowest BCUT2D eigenvalue weighted by atomic mass is 10.4. The zero-order valence-electron chi connectivity index (χ0n) is 7.19. The molecule has 0 aliphatic carbocycles. The van der Waals surface area contributed by atoms with Crippen LogP contribution in [0.4, 0.5) is 0 Å². The van der Waals surface area contributed by atoms with Gasteiger partial charge in [-0.1, -0.05) is 0 Å². The maximum Gasteiger partial charge on any atom is 0.329 e. The molecule has 0 aromatic carbocycles. The summed E-state index contributed by atoms with van der Waals surface area (Å²) in [5, 5.41) is 8.37. The maximum absolute atomic E-state index is 11.4. The van der Waals surface area contributed by atoms with Crippen molar-refractivity contribution in [1.29, 1.82) is 5.26 Å². The molecular formula is C8H11N3O. The fourth-order valence-corrected chi connectivity index (χ4v) is 1.02. The quantitative estimate of drug-likeness (QED) is 0.649. The van der Waals surface area contributed by atoms with Crippen molar-refractivity contribution in [2.24, 2.45) is 0 Å². The van der Waals surface area contributed by atoms with Gasteiger partial charge in [0.05, 0.1) is 6.07 Å². The van der Waals surface area contributed by atoms with Crippen LogP contribution in [0.3, 0.4) is 0 Å². The molecular weight excluding hydrogens is 154 g/mol. The van der Waals surface area contributed by atoms with Crippen LogP contribution in [0.2, 0.25) is 0 Å². The monoisotopic (exact) mass is 165 g/mol. The Kier molecular flexibility index (Phi) is 2.34. The Labute approximate surface area is 70.7 Å². The van der Waals surface area contributed by atoms with E-state index in [0.717, 1.165) is 0 Å². The summed E-state index contributed by atoms with van der Waals surface area (Å²) in [5.74, 6) is 0. The van der Waals surface area contributed by atoms with Crippen molar-refractivity contribution in [3.8, 4) is 6.07 Å². The molecule has 0 atom stereocenters. The molecule has 1 heterocycles. The highest BCUT2D eigenvalue weighted by Crippen LogP contribution is 1.98. The predicted octanol–water partition coefficient (Wildman–Crippen LogP) is 0.754. The van der Waals surface area contributed by atoms with Gasteiger partial charge in [0.2, 0.25) is 0 Å². The van der Waals surface area contributed by atoms with Gasteiger partial charge in [-0.3, -0.25) is 9.13 Å². The zero-order chi connectivity index (χ0) is 9.14. The Morgan fingerprint density at radius 1 is 1.58 bits per heavy atom. The van der Waals surface area contributed by atoms with Gasteiger partial charge in [-0.05, 0) is 13.8 Å². The molecule has 1 rings (SSSR count). The van der Waals surface area contributed by atoms with E-state index < -0.39 is 0 Å². The average molecular weight is 165 g/mol. The second-order valence-electron chi connectivity index (χ2n) is 2.87. The molecule has 1 aromatic heterocycles. The SMILES string of the molecule is CC(C)n1ccn(CC#N)c1=O. The standard InChI is InChI=1S/C8H11N3O/c1-7(2)11-6-5-10(4-3-9)8(11)12/h5-7H,4H2,1-2H3. The lowest BCUT2D eigenvalue weighted by molar-refractivity contribution is 0.563. The number of aromatic nitrogens is 2. The lowest BCUT2D eigenvalue weighted by Crippen LogP contribution is -2.24. The second-order valence-corrected chi connectivity index (χ2v) is 2.87. The van der Waals surface area contributed by atoms with E-state index in [2.05, 4.69) is 0 Å². The molecule has 0 amide bonds. The molecule has 12 heavy (non-hydrogen) atoms. The van der Waals surface area contributed by atoms with E-state index in [9.17, 15) is 4.79 Å². The molecule has 0 aliphatic rings. The average Bonchev–Trinajstić information content (AvgIpc) is 2.34. The van der Waals surface area contributed by atoms with Crippen LogP contribution in [0.15, 0.2) is 17.2 Å². The Balaban J connectivity index is 3.07. The number of hydrogen-bond acceptors (Lipinski definition) is 2. The van der Waals surface area contributed by atoms with Crippen LogP contribution in [-0.4, -0.2) is 9.13 Å². The summed E-state index contributed by atoms with van der Waals surface area (Å²) in [5.41, 5.74) is -0.119. The van der Waals surface area contributed by atoms with E-state index in [1.807, 2.05) is 19.9 Å². The minimum Gasteiger partial charge on any atom is -0.297 e. The van der Waals surface area contributed by atoms with E-state index in [1.54, 1.807) is 17.0 Å². The van der Waals surface area contributed by atoms with E-state index in [1.165, 1.54) is 4.57 Å². The van der Waals surface area contributed by atoms with Crippen molar-refractivity contribution < 1.29 is 0 Å². The minimum atomic E-state index is -0.119. The molecule has 4 nitrogen and oxygen atoms in total. The summed E-state index contributed by atoms with van der Waals surface area (Å²) in [6, 6.07) is 2.08. The second kappa shape index (κ2) is 3.26. The molecule has 0 bridgehead atoms. The van der Waals surface area contributed by atoms with E-state index in [4.69, 9.17) is 5.26 Å². The van der Waals surface area contributed by atoms with Crippen molar-refractivity contribution in [2.75, 3.05) is 0 Å². The molecule has 0 fully saturated rings. The summed E-state index contributed by atoms with van der Waals surface area (Å²) in [7, 11) is 0. The Bertz CT molecular complexity index is 353. The minimum absolute atomic E-state index is 0.119. The van der Waals surface area contributed by atoms with Crippen LogP contribution in [-0.2, 0) is 6.54 Å². The van der Waals surface area contributed by atoms with Crippen molar-refractivity contribution in [3.63, 3.8) is 0 Å². The van der Waals surface area contributed by atoms with Gasteiger partial charge < -0.3 is 0 Å². The molecule has 1 aromatic rings. The largest absolute Gasteiger partial charge is 0.329 e. The van der Waals surface area contributed by atoms with Crippen LogP contribution in [0.1, 0.15) is 19.9 Å². The Hall–Kier alpha value is -1.50. The molecule has 0 unspecified atom stereocenters. The molecule has 64 valence electrons. The van der Waals surface area contributed by atoms with Crippen LogP contribution in [0, 0.1) is 11.3 Å². The molecule has 0 spiro atoms. The number of nitrogens with zero attached hydrogens (tertiary/aromatic N) is 3. The van der Waals surface area contributed by atoms with Gasteiger partial charge in [-0.15, -0.1) is 0 Å². The van der Waals surface area contributed by atoms with Gasteiger partial charge in [-0.25, -0.2) is 4.79 Å². The fourth-order valence-electron chi connectivity index (χ4n) is 1.02. The number of imidazole rings is 1. The van der Waals surface area contributed by atoms with E-state index in [0.29, 0.717) is 0 Å². The summed E-state index contributed by atoms with van der Waals surface area (Å²) in [4.78, 5) is 11.4. The molecule has 0 aliphatic heterocycles. The summed E-state index contributed by atoms with van der Waals surface area (Å²) < 4.78 is 2.98. The number of nitriles is 1. The summed E-state index contributed by atoms with van der Waals surface area (Å²) >= 11 is 0. The molecule has 0 radical (unpaired) electrons. The Morgan fingerprint density at radius 2 is 2.25 bits per heavy atom. The maximum atomic E-state index is 11.4. The zero-order valence-corrected chi connectivity index (χ0v) is 7.19. The van der Waals surface area contributed by atoms with Gasteiger partial charge in [0.15, 0.2) is 0 Å². The summed E-state index contributed by atoms with van der Waals surface area (Å²) in [6.07, 6.45) is 3.33. The first kappa shape index (κ1) is 8.60. The molecule has 0 N–H and O–H groups in total. The van der Waals surface area contributed by atoms with E-state index in [-0.39, 0.29) is 18.3 Å². The first-order valence-corrected chi connectivity index (χ1v) is 3.81. The normalized spacial score (nSPS) is 10.2. The molecule has 4 heteroatoms. The molecule has 0 saturated carbocycles. The van der Waals surface area contributed by atoms with Crippen LogP contribution in [0.25, 0.3) is 0 Å². The molecule has 0 saturated heterocycles. The van der Waals surface area contributed by atoms with Crippen molar-refractivity contribution in [3.05, 3.63) is 22.9 Å². The Morgan fingerprint density at radius 3 is 2.67 bits per heavy atom. The third-order valence-corrected chi connectivity index (χ3v) is 1.67. The van der Waals surface area contributed by atoms with Gasteiger partial charge in [-0.2, -0.15) is 5.26 Å². The van der Waals surface area contributed by atoms with Gasteiger partial charge in [0.1, 0.15) is 6.54 Å². The summed E-state index contributed by atoms with van der Waals surface area (Å²) in [6.45, 7) is 3.98.